The third-order valence-electron chi connectivity index (χ3n) is 4.03. The Hall–Kier alpha value is -1.05. The second kappa shape index (κ2) is 8.17. The van der Waals surface area contributed by atoms with E-state index in [-0.39, 0.29) is 5.91 Å². The number of amides is 1. The topological polar surface area (TPSA) is 57.7 Å². The fourth-order valence-corrected chi connectivity index (χ4v) is 4.39. The number of hydrogen-bond donors (Lipinski definition) is 0. The summed E-state index contributed by atoms with van der Waals surface area (Å²) in [6, 6.07) is 6.95. The summed E-state index contributed by atoms with van der Waals surface area (Å²) >= 11 is 1.58. The van der Waals surface area contributed by atoms with Crippen molar-refractivity contribution in [3.63, 3.8) is 0 Å². The summed E-state index contributed by atoms with van der Waals surface area (Å²) in [7, 11) is -3.47. The molecule has 1 aromatic rings. The van der Waals surface area contributed by atoms with E-state index < -0.39 is 10.0 Å². The Kier molecular flexibility index (Phi) is 6.50. The van der Waals surface area contributed by atoms with Crippen molar-refractivity contribution in [1.29, 1.82) is 0 Å². The number of carbonyl (C=O) groups excluding carboxylic acids is 1. The van der Waals surface area contributed by atoms with Crippen molar-refractivity contribution in [2.24, 2.45) is 0 Å². The van der Waals surface area contributed by atoms with Gasteiger partial charge in [-0.2, -0.15) is 4.31 Å². The van der Waals surface area contributed by atoms with Gasteiger partial charge in [0.15, 0.2) is 0 Å². The molecule has 1 fully saturated rings. The van der Waals surface area contributed by atoms with Crippen LogP contribution in [0.3, 0.4) is 0 Å². The van der Waals surface area contributed by atoms with Crippen LogP contribution in [-0.2, 0) is 14.8 Å². The lowest BCUT2D eigenvalue weighted by Crippen LogP contribution is -2.50. The highest BCUT2D eigenvalue weighted by molar-refractivity contribution is 7.98. The molecule has 1 aromatic carbocycles. The van der Waals surface area contributed by atoms with Crippen LogP contribution in [0.4, 0.5) is 0 Å². The monoisotopic (exact) mass is 356 g/mol. The van der Waals surface area contributed by atoms with Gasteiger partial charge in [0.25, 0.3) is 0 Å². The zero-order valence-corrected chi connectivity index (χ0v) is 15.3. The van der Waals surface area contributed by atoms with Crippen LogP contribution in [0.5, 0.6) is 0 Å². The van der Waals surface area contributed by atoms with Gasteiger partial charge in [0.1, 0.15) is 0 Å². The summed E-state index contributed by atoms with van der Waals surface area (Å²) in [5.41, 5.74) is 0. The molecule has 1 aliphatic rings. The maximum absolute atomic E-state index is 12.7. The Balaban J connectivity index is 1.99. The van der Waals surface area contributed by atoms with Gasteiger partial charge in [0.05, 0.1) is 4.90 Å². The van der Waals surface area contributed by atoms with Crippen molar-refractivity contribution >= 4 is 27.7 Å². The molecule has 128 valence electrons. The van der Waals surface area contributed by atoms with E-state index in [1.54, 1.807) is 28.8 Å². The molecule has 7 heteroatoms. The van der Waals surface area contributed by atoms with Crippen LogP contribution in [-0.4, -0.2) is 56.0 Å². The number of rotatable bonds is 6. The molecule has 0 saturated carbocycles. The molecule has 0 atom stereocenters. The first-order chi connectivity index (χ1) is 11.0. The van der Waals surface area contributed by atoms with Crippen LogP contribution < -0.4 is 0 Å². The number of benzene rings is 1. The average molecular weight is 357 g/mol. The lowest BCUT2D eigenvalue weighted by atomic mass is 10.2. The predicted octanol–water partition coefficient (Wildman–Crippen LogP) is 2.43. The standard InChI is InChI=1S/C16H24N2O3S2/c1-3-4-5-16(19)17-10-12-18(13-11-17)23(20,21)15-8-6-14(22-2)7-9-15/h6-9H,3-5,10-13H2,1-2H3. The Labute approximate surface area is 143 Å². The predicted molar refractivity (Wildman–Crippen MR) is 93.1 cm³/mol. The van der Waals surface area contributed by atoms with Crippen LogP contribution in [0.2, 0.25) is 0 Å². The molecule has 2 rings (SSSR count). The van der Waals surface area contributed by atoms with Crippen LogP contribution in [0.1, 0.15) is 26.2 Å². The molecular formula is C16H24N2O3S2. The highest BCUT2D eigenvalue weighted by Crippen LogP contribution is 2.21. The highest BCUT2D eigenvalue weighted by Gasteiger charge is 2.29. The molecule has 23 heavy (non-hydrogen) atoms. The number of nitrogens with zero attached hydrogens (tertiary/aromatic N) is 2. The van der Waals surface area contributed by atoms with Crippen molar-refractivity contribution in [3.05, 3.63) is 24.3 Å². The van der Waals surface area contributed by atoms with E-state index in [4.69, 9.17) is 0 Å². The van der Waals surface area contributed by atoms with Crippen molar-refractivity contribution < 1.29 is 13.2 Å². The Morgan fingerprint density at radius 1 is 1.13 bits per heavy atom. The first kappa shape index (κ1) is 18.3. The van der Waals surface area contributed by atoms with Gasteiger partial charge in [-0.3, -0.25) is 4.79 Å². The lowest BCUT2D eigenvalue weighted by Gasteiger charge is -2.34. The fraction of sp³-hybridized carbons (Fsp3) is 0.562. The van der Waals surface area contributed by atoms with Gasteiger partial charge in [-0.1, -0.05) is 13.3 Å². The number of hydrogen-bond acceptors (Lipinski definition) is 4. The summed E-state index contributed by atoms with van der Waals surface area (Å²) in [5.74, 6) is 0.133. The minimum absolute atomic E-state index is 0.133. The van der Waals surface area contributed by atoms with Crippen molar-refractivity contribution in [1.82, 2.24) is 9.21 Å². The lowest BCUT2D eigenvalue weighted by molar-refractivity contribution is -0.132. The van der Waals surface area contributed by atoms with E-state index in [1.807, 2.05) is 18.4 Å². The summed E-state index contributed by atoms with van der Waals surface area (Å²) in [4.78, 5) is 15.1. The van der Waals surface area contributed by atoms with E-state index >= 15 is 0 Å². The van der Waals surface area contributed by atoms with Crippen LogP contribution in [0.15, 0.2) is 34.1 Å². The molecule has 1 heterocycles. The van der Waals surface area contributed by atoms with Crippen molar-refractivity contribution in [2.75, 3.05) is 32.4 Å². The quantitative estimate of drug-likeness (QED) is 0.735. The second-order valence-corrected chi connectivity index (χ2v) is 8.38. The van der Waals surface area contributed by atoms with E-state index in [9.17, 15) is 13.2 Å². The maximum Gasteiger partial charge on any atom is 0.243 e. The Morgan fingerprint density at radius 3 is 2.26 bits per heavy atom. The normalized spacial score (nSPS) is 16.5. The third kappa shape index (κ3) is 4.49. The van der Waals surface area contributed by atoms with Gasteiger partial charge in [-0.15, -0.1) is 11.8 Å². The summed E-state index contributed by atoms with van der Waals surface area (Å²) in [5, 5.41) is 0. The first-order valence-electron chi connectivity index (χ1n) is 7.91. The van der Waals surface area contributed by atoms with Crippen LogP contribution >= 0.6 is 11.8 Å². The molecule has 0 aliphatic carbocycles. The van der Waals surface area contributed by atoms with Crippen LogP contribution in [0.25, 0.3) is 0 Å². The number of thioether (sulfide) groups is 1. The van der Waals surface area contributed by atoms with Gasteiger partial charge in [0.2, 0.25) is 15.9 Å². The van der Waals surface area contributed by atoms with Crippen molar-refractivity contribution in [3.8, 4) is 0 Å². The number of unbranched alkanes of at least 4 members (excludes halogenated alkanes) is 1. The molecular weight excluding hydrogens is 332 g/mol. The van der Waals surface area contributed by atoms with E-state index in [2.05, 4.69) is 6.92 Å². The largest absolute Gasteiger partial charge is 0.340 e. The summed E-state index contributed by atoms with van der Waals surface area (Å²) in [6.07, 6.45) is 4.39. The first-order valence-corrected chi connectivity index (χ1v) is 10.6. The van der Waals surface area contributed by atoms with Gasteiger partial charge >= 0.3 is 0 Å². The van der Waals surface area contributed by atoms with Gasteiger partial charge in [-0.25, -0.2) is 8.42 Å². The van der Waals surface area contributed by atoms with E-state index in [1.165, 1.54) is 4.31 Å². The Morgan fingerprint density at radius 2 is 1.74 bits per heavy atom. The minimum atomic E-state index is -3.47. The number of carbonyl (C=O) groups is 1. The SMILES string of the molecule is CCCCC(=O)N1CCN(S(=O)(=O)c2ccc(SC)cc2)CC1. The van der Waals surface area contributed by atoms with Gasteiger partial charge < -0.3 is 4.90 Å². The zero-order valence-electron chi connectivity index (χ0n) is 13.7. The number of sulfonamides is 1. The van der Waals surface area contributed by atoms with Crippen molar-refractivity contribution in [2.45, 2.75) is 36.0 Å². The molecule has 0 radical (unpaired) electrons. The maximum atomic E-state index is 12.7. The third-order valence-corrected chi connectivity index (χ3v) is 6.69. The molecule has 0 N–H and O–H groups in total. The van der Waals surface area contributed by atoms with E-state index in [0.29, 0.717) is 37.5 Å². The summed E-state index contributed by atoms with van der Waals surface area (Å²) in [6.45, 7) is 3.74. The second-order valence-electron chi connectivity index (χ2n) is 5.56. The highest BCUT2D eigenvalue weighted by atomic mass is 32.2. The van der Waals surface area contributed by atoms with Gasteiger partial charge in [-0.05, 0) is 36.9 Å². The summed E-state index contributed by atoms with van der Waals surface area (Å²) < 4.78 is 26.8. The van der Waals surface area contributed by atoms with Gasteiger partial charge in [0, 0.05) is 37.5 Å². The molecule has 5 nitrogen and oxygen atoms in total. The molecule has 0 bridgehead atoms. The number of piperazine rings is 1. The molecule has 0 spiro atoms. The van der Waals surface area contributed by atoms with Crippen LogP contribution in [0, 0.1) is 0 Å². The zero-order chi connectivity index (χ0) is 16.9. The molecule has 1 amide bonds. The smallest absolute Gasteiger partial charge is 0.243 e. The minimum Gasteiger partial charge on any atom is -0.340 e. The molecule has 0 unspecified atom stereocenters. The fourth-order valence-electron chi connectivity index (χ4n) is 2.56. The molecule has 0 aromatic heterocycles. The molecule has 1 aliphatic heterocycles. The average Bonchev–Trinajstić information content (AvgIpc) is 2.59. The van der Waals surface area contributed by atoms with E-state index in [0.717, 1.165) is 17.7 Å². The Bertz CT molecular complexity index is 621. The molecule has 1 saturated heterocycles.